The number of amides is 1. The number of carboxylic acid groups (broad SMARTS) is 2. The molecule has 0 aromatic rings. The lowest BCUT2D eigenvalue weighted by Crippen LogP contribution is -2.30. The average Bonchev–Trinajstić information content (AvgIpc) is 2.38. The van der Waals surface area contributed by atoms with Gasteiger partial charge in [0.2, 0.25) is 5.91 Å². The number of halogens is 6. The number of alkyl halides is 6. The molecule has 0 bridgehead atoms. The number of aliphatic carboxylic acids is 2. The molecule has 1 fully saturated rings. The Morgan fingerprint density at radius 1 is 0.917 bits per heavy atom. The summed E-state index contributed by atoms with van der Waals surface area (Å²) < 4.78 is 63.5. The van der Waals surface area contributed by atoms with Crippen LogP contribution in [0.1, 0.15) is 19.3 Å². The maximum atomic E-state index is 10.6. The second-order valence-electron chi connectivity index (χ2n) is 4.47. The minimum absolute atomic E-state index is 0.160. The van der Waals surface area contributed by atoms with E-state index in [1.807, 2.05) is 0 Å². The van der Waals surface area contributed by atoms with E-state index in [1.165, 1.54) is 0 Å². The molecule has 0 aromatic heterocycles. The van der Waals surface area contributed by atoms with Crippen molar-refractivity contribution in [2.75, 3.05) is 13.1 Å². The van der Waals surface area contributed by atoms with Crippen LogP contribution in [0.15, 0.2) is 0 Å². The Hall–Kier alpha value is -2.05. The Labute approximate surface area is 131 Å². The van der Waals surface area contributed by atoms with Crippen LogP contribution in [-0.4, -0.2) is 53.5 Å². The molecule has 1 rings (SSSR count). The second-order valence-corrected chi connectivity index (χ2v) is 4.47. The Balaban J connectivity index is 0. The highest BCUT2D eigenvalue weighted by Crippen LogP contribution is 2.15. The van der Waals surface area contributed by atoms with Gasteiger partial charge in [-0.15, -0.1) is 0 Å². The summed E-state index contributed by atoms with van der Waals surface area (Å²) in [6.45, 7) is 2.08. The van der Waals surface area contributed by atoms with E-state index >= 15 is 0 Å². The van der Waals surface area contributed by atoms with Gasteiger partial charge in [-0.2, -0.15) is 26.3 Å². The van der Waals surface area contributed by atoms with E-state index in [0.29, 0.717) is 12.3 Å². The van der Waals surface area contributed by atoms with Crippen LogP contribution < -0.4 is 11.1 Å². The topological polar surface area (TPSA) is 130 Å². The second kappa shape index (κ2) is 10.7. The molecule has 1 saturated heterocycles. The zero-order chi connectivity index (χ0) is 19.6. The molecule has 0 aromatic carbocycles. The van der Waals surface area contributed by atoms with Crippen LogP contribution in [-0.2, 0) is 14.4 Å². The highest BCUT2D eigenvalue weighted by molar-refractivity contribution is 5.74. The van der Waals surface area contributed by atoms with Crippen molar-refractivity contribution in [1.29, 1.82) is 0 Å². The van der Waals surface area contributed by atoms with Crippen molar-refractivity contribution in [3.8, 4) is 0 Å². The Bertz CT molecular complexity index is 394. The van der Waals surface area contributed by atoms with Crippen molar-refractivity contribution in [2.24, 2.45) is 11.7 Å². The van der Waals surface area contributed by atoms with Crippen molar-refractivity contribution in [3.05, 3.63) is 0 Å². The molecule has 142 valence electrons. The van der Waals surface area contributed by atoms with Gasteiger partial charge in [0, 0.05) is 6.42 Å². The molecule has 24 heavy (non-hydrogen) atoms. The standard InChI is InChI=1S/C7H14N2O.2C2HF3O2/c8-7(10)5-6-1-3-9-4-2-6;2*3-2(4,5)1(6)7/h6,9H,1-5H2,(H2,8,10);2*(H,6,7). The fourth-order valence-electron chi connectivity index (χ4n) is 1.37. The van der Waals surface area contributed by atoms with Crippen LogP contribution in [0.5, 0.6) is 0 Å². The smallest absolute Gasteiger partial charge is 0.475 e. The van der Waals surface area contributed by atoms with Gasteiger partial charge in [0.05, 0.1) is 0 Å². The van der Waals surface area contributed by atoms with E-state index < -0.39 is 24.3 Å². The highest BCUT2D eigenvalue weighted by atomic mass is 19.4. The minimum atomic E-state index is -5.08. The number of hydrogen-bond acceptors (Lipinski definition) is 4. The lowest BCUT2D eigenvalue weighted by atomic mass is 9.95. The number of carbonyl (C=O) groups is 3. The first kappa shape index (κ1) is 24.2. The van der Waals surface area contributed by atoms with Crippen molar-refractivity contribution in [2.45, 2.75) is 31.6 Å². The molecular formula is C11H16F6N2O5. The molecule has 0 radical (unpaired) electrons. The summed E-state index contributed by atoms with van der Waals surface area (Å²) in [4.78, 5) is 28.3. The van der Waals surface area contributed by atoms with E-state index in [1.54, 1.807) is 0 Å². The largest absolute Gasteiger partial charge is 0.490 e. The van der Waals surface area contributed by atoms with Gasteiger partial charge in [-0.3, -0.25) is 4.79 Å². The van der Waals surface area contributed by atoms with E-state index in [4.69, 9.17) is 25.5 Å². The predicted octanol–water partition coefficient (Wildman–Crippen LogP) is 1.13. The molecule has 0 atom stereocenters. The van der Waals surface area contributed by atoms with Crippen LogP contribution in [0.2, 0.25) is 0 Å². The van der Waals surface area contributed by atoms with Gasteiger partial charge in [0.1, 0.15) is 0 Å². The van der Waals surface area contributed by atoms with Crippen LogP contribution in [0, 0.1) is 5.92 Å². The molecule has 7 nitrogen and oxygen atoms in total. The van der Waals surface area contributed by atoms with Gasteiger partial charge in [-0.1, -0.05) is 0 Å². The van der Waals surface area contributed by atoms with E-state index in [0.717, 1.165) is 25.9 Å². The molecule has 1 aliphatic rings. The first-order valence-electron chi connectivity index (χ1n) is 6.27. The molecule has 1 heterocycles. The summed E-state index contributed by atoms with van der Waals surface area (Å²) in [6, 6.07) is 0. The predicted molar refractivity (Wildman–Crippen MR) is 66.8 cm³/mol. The SMILES string of the molecule is NC(=O)CC1CCNCC1.O=C(O)C(F)(F)F.O=C(O)C(F)(F)F. The first-order valence-corrected chi connectivity index (χ1v) is 6.27. The van der Waals surface area contributed by atoms with Crippen molar-refractivity contribution in [1.82, 2.24) is 5.32 Å². The van der Waals surface area contributed by atoms with Gasteiger partial charge in [0.15, 0.2) is 0 Å². The number of nitrogens with two attached hydrogens (primary N) is 1. The van der Waals surface area contributed by atoms with Gasteiger partial charge in [0.25, 0.3) is 0 Å². The number of carbonyl (C=O) groups excluding carboxylic acids is 1. The van der Waals surface area contributed by atoms with E-state index in [-0.39, 0.29) is 5.91 Å². The summed E-state index contributed by atoms with van der Waals surface area (Å²) in [7, 11) is 0. The normalized spacial score (nSPS) is 15.2. The summed E-state index contributed by atoms with van der Waals surface area (Å²) in [5.74, 6) is -5.13. The summed E-state index contributed by atoms with van der Waals surface area (Å²) >= 11 is 0. The van der Waals surface area contributed by atoms with Crippen molar-refractivity contribution >= 4 is 17.8 Å². The Morgan fingerprint density at radius 2 is 1.21 bits per heavy atom. The molecule has 0 unspecified atom stereocenters. The van der Waals surface area contributed by atoms with Crippen LogP contribution >= 0.6 is 0 Å². The molecule has 1 aliphatic heterocycles. The van der Waals surface area contributed by atoms with Gasteiger partial charge < -0.3 is 21.3 Å². The van der Waals surface area contributed by atoms with Gasteiger partial charge in [-0.05, 0) is 31.8 Å². The maximum absolute atomic E-state index is 10.6. The van der Waals surface area contributed by atoms with Crippen LogP contribution in [0.25, 0.3) is 0 Å². The van der Waals surface area contributed by atoms with Crippen molar-refractivity contribution < 1.29 is 50.9 Å². The zero-order valence-electron chi connectivity index (χ0n) is 12.1. The lowest BCUT2D eigenvalue weighted by molar-refractivity contribution is -0.193. The number of carboxylic acids is 2. The number of primary amides is 1. The fourth-order valence-corrected chi connectivity index (χ4v) is 1.37. The number of hydrogen-bond donors (Lipinski definition) is 4. The van der Waals surface area contributed by atoms with E-state index in [9.17, 15) is 31.1 Å². The van der Waals surface area contributed by atoms with Gasteiger partial charge >= 0.3 is 24.3 Å². The highest BCUT2D eigenvalue weighted by Gasteiger charge is 2.38. The number of piperidine rings is 1. The number of nitrogens with one attached hydrogen (secondary N) is 1. The van der Waals surface area contributed by atoms with Gasteiger partial charge in [-0.25, -0.2) is 9.59 Å². The van der Waals surface area contributed by atoms with Crippen LogP contribution in [0.4, 0.5) is 26.3 Å². The van der Waals surface area contributed by atoms with Crippen LogP contribution in [0.3, 0.4) is 0 Å². The van der Waals surface area contributed by atoms with Crippen molar-refractivity contribution in [3.63, 3.8) is 0 Å². The summed E-state index contributed by atoms with van der Waals surface area (Å²) in [5.41, 5.74) is 5.06. The van der Waals surface area contributed by atoms with E-state index in [2.05, 4.69) is 5.32 Å². The molecule has 13 heteroatoms. The third-order valence-corrected chi connectivity index (χ3v) is 2.43. The Kier molecular flexibility index (Phi) is 10.8. The molecule has 0 spiro atoms. The monoisotopic (exact) mass is 370 g/mol. The fraction of sp³-hybridized carbons (Fsp3) is 0.727. The molecule has 0 aliphatic carbocycles. The molecule has 1 amide bonds. The number of rotatable bonds is 2. The third-order valence-electron chi connectivity index (χ3n) is 2.43. The zero-order valence-corrected chi connectivity index (χ0v) is 12.1. The maximum Gasteiger partial charge on any atom is 0.490 e. The molecule has 0 saturated carbocycles. The Morgan fingerprint density at radius 3 is 1.42 bits per heavy atom. The third kappa shape index (κ3) is 14.9. The molecular weight excluding hydrogens is 354 g/mol. The first-order chi connectivity index (χ1) is 10.7. The average molecular weight is 370 g/mol. The summed E-state index contributed by atoms with van der Waals surface area (Å²) in [5, 5.41) is 17.5. The lowest BCUT2D eigenvalue weighted by Gasteiger charge is -2.20. The summed E-state index contributed by atoms with van der Waals surface area (Å²) in [6.07, 6.45) is -7.40. The minimum Gasteiger partial charge on any atom is -0.475 e. The quantitative estimate of drug-likeness (QED) is 0.539. The molecule has 5 N–H and O–H groups in total.